The topological polar surface area (TPSA) is 65.8 Å². The van der Waals surface area contributed by atoms with Crippen molar-refractivity contribution in [2.75, 3.05) is 45.9 Å². The Morgan fingerprint density at radius 1 is 1.14 bits per heavy atom. The molecule has 122 valence electrons. The molecule has 0 N–H and O–H groups in total. The maximum absolute atomic E-state index is 12.7. The van der Waals surface area contributed by atoms with Crippen molar-refractivity contribution >= 4 is 5.91 Å². The van der Waals surface area contributed by atoms with Crippen LogP contribution in [0, 0.1) is 17.2 Å². The van der Waals surface area contributed by atoms with E-state index in [0.29, 0.717) is 25.5 Å². The minimum absolute atomic E-state index is 0.151. The van der Waals surface area contributed by atoms with Gasteiger partial charge < -0.3 is 19.3 Å². The maximum Gasteiger partial charge on any atom is 0.225 e. The molecule has 0 aromatic heterocycles. The lowest BCUT2D eigenvalue weighted by molar-refractivity contribution is -0.188. The highest BCUT2D eigenvalue weighted by Gasteiger charge is 2.41. The summed E-state index contributed by atoms with van der Waals surface area (Å²) in [5.74, 6) is 0.0443. The molecular formula is C16H25N3O3. The van der Waals surface area contributed by atoms with Gasteiger partial charge in [-0.25, -0.2) is 0 Å². The monoisotopic (exact) mass is 307 g/mol. The minimum atomic E-state index is -0.405. The first-order chi connectivity index (χ1) is 10.7. The number of piperidine rings is 2. The highest BCUT2D eigenvalue weighted by molar-refractivity contribution is 5.79. The van der Waals surface area contributed by atoms with Crippen LogP contribution in [0.25, 0.3) is 0 Å². The van der Waals surface area contributed by atoms with Gasteiger partial charge in [0.15, 0.2) is 5.79 Å². The number of carbonyl (C=O) groups is 1. The highest BCUT2D eigenvalue weighted by atomic mass is 16.7. The molecule has 1 amide bonds. The average molecular weight is 307 g/mol. The molecule has 3 saturated heterocycles. The van der Waals surface area contributed by atoms with Gasteiger partial charge in [0.1, 0.15) is 0 Å². The Morgan fingerprint density at radius 3 is 2.36 bits per heavy atom. The highest BCUT2D eigenvalue weighted by Crippen LogP contribution is 2.32. The summed E-state index contributed by atoms with van der Waals surface area (Å²) in [6, 6.07) is 2.18. The van der Waals surface area contributed by atoms with E-state index in [9.17, 15) is 4.79 Å². The first-order valence-electron chi connectivity index (χ1n) is 8.38. The molecular weight excluding hydrogens is 282 g/mol. The summed E-state index contributed by atoms with van der Waals surface area (Å²) in [6.07, 6.45) is 3.99. The smallest absolute Gasteiger partial charge is 0.225 e. The van der Waals surface area contributed by atoms with E-state index in [1.54, 1.807) is 0 Å². The Balaban J connectivity index is 1.44. The molecule has 6 heteroatoms. The van der Waals surface area contributed by atoms with Gasteiger partial charge >= 0.3 is 0 Å². The van der Waals surface area contributed by atoms with Gasteiger partial charge in [0.2, 0.25) is 5.91 Å². The van der Waals surface area contributed by atoms with Gasteiger partial charge in [-0.3, -0.25) is 4.79 Å². The van der Waals surface area contributed by atoms with Gasteiger partial charge in [0.05, 0.1) is 19.3 Å². The second-order valence-electron chi connectivity index (χ2n) is 6.46. The fourth-order valence-electron chi connectivity index (χ4n) is 3.72. The standard InChI is InChI=1S/C16H25N3O3/c17-6-1-7-18-8-2-14(3-9-18)15(20)19-10-4-16(5-11-19)21-12-13-22-16/h14H,1-5,7-13H2. The number of likely N-dealkylation sites (tertiary alicyclic amines) is 2. The number of hydrogen-bond donors (Lipinski definition) is 0. The number of rotatable bonds is 3. The average Bonchev–Trinajstić information content (AvgIpc) is 3.02. The van der Waals surface area contributed by atoms with Crippen LogP contribution in [0.3, 0.4) is 0 Å². The molecule has 0 aromatic rings. The van der Waals surface area contributed by atoms with Crippen LogP contribution in [0.4, 0.5) is 0 Å². The third kappa shape index (κ3) is 3.43. The number of nitrogens with zero attached hydrogens (tertiary/aromatic N) is 3. The van der Waals surface area contributed by atoms with Gasteiger partial charge in [-0.2, -0.15) is 5.26 Å². The quantitative estimate of drug-likeness (QED) is 0.777. The Morgan fingerprint density at radius 2 is 1.77 bits per heavy atom. The van der Waals surface area contributed by atoms with Crippen LogP contribution in [0.5, 0.6) is 0 Å². The summed E-state index contributed by atoms with van der Waals surface area (Å²) in [6.45, 7) is 5.54. The van der Waals surface area contributed by atoms with Gasteiger partial charge in [-0.1, -0.05) is 0 Å². The summed E-state index contributed by atoms with van der Waals surface area (Å²) < 4.78 is 11.4. The lowest BCUT2D eigenvalue weighted by Gasteiger charge is -2.40. The van der Waals surface area contributed by atoms with Crippen molar-refractivity contribution in [2.24, 2.45) is 5.92 Å². The number of hydrogen-bond acceptors (Lipinski definition) is 5. The van der Waals surface area contributed by atoms with Crippen LogP contribution in [-0.4, -0.2) is 67.4 Å². The third-order valence-electron chi connectivity index (χ3n) is 5.13. The van der Waals surface area contributed by atoms with Crippen molar-refractivity contribution < 1.29 is 14.3 Å². The first-order valence-corrected chi connectivity index (χ1v) is 8.38. The predicted molar refractivity (Wildman–Crippen MR) is 79.8 cm³/mol. The zero-order valence-electron chi connectivity index (χ0n) is 13.1. The molecule has 0 saturated carbocycles. The summed E-state index contributed by atoms with van der Waals surface area (Å²) in [7, 11) is 0. The van der Waals surface area contributed by atoms with E-state index < -0.39 is 5.79 Å². The Hall–Kier alpha value is -1.16. The van der Waals surface area contributed by atoms with E-state index in [4.69, 9.17) is 14.7 Å². The van der Waals surface area contributed by atoms with Gasteiger partial charge in [-0.15, -0.1) is 0 Å². The largest absolute Gasteiger partial charge is 0.347 e. The van der Waals surface area contributed by atoms with Crippen LogP contribution >= 0.6 is 0 Å². The van der Waals surface area contributed by atoms with Crippen LogP contribution in [0.15, 0.2) is 0 Å². The third-order valence-corrected chi connectivity index (χ3v) is 5.13. The van der Waals surface area contributed by atoms with Crippen molar-refractivity contribution in [1.29, 1.82) is 5.26 Å². The van der Waals surface area contributed by atoms with E-state index in [-0.39, 0.29) is 5.92 Å². The molecule has 0 atom stereocenters. The summed E-state index contributed by atoms with van der Waals surface area (Å²) in [4.78, 5) is 16.9. The van der Waals surface area contributed by atoms with Crippen LogP contribution in [0.1, 0.15) is 32.1 Å². The molecule has 22 heavy (non-hydrogen) atoms. The lowest BCUT2D eigenvalue weighted by atomic mass is 9.93. The van der Waals surface area contributed by atoms with Crippen molar-refractivity contribution in [2.45, 2.75) is 37.9 Å². The zero-order chi connectivity index (χ0) is 15.4. The molecule has 0 bridgehead atoms. The van der Waals surface area contributed by atoms with Gasteiger partial charge in [0, 0.05) is 44.8 Å². The molecule has 0 radical (unpaired) electrons. The Labute approximate surface area is 131 Å². The fraction of sp³-hybridized carbons (Fsp3) is 0.875. The summed E-state index contributed by atoms with van der Waals surface area (Å²) >= 11 is 0. The Bertz CT molecular complexity index is 424. The minimum Gasteiger partial charge on any atom is -0.347 e. The molecule has 6 nitrogen and oxygen atoms in total. The SMILES string of the molecule is N#CCCN1CCC(C(=O)N2CCC3(CC2)OCCO3)CC1. The van der Waals surface area contributed by atoms with E-state index in [1.807, 2.05) is 4.90 Å². The van der Waals surface area contributed by atoms with Crippen molar-refractivity contribution in [3.05, 3.63) is 0 Å². The summed E-state index contributed by atoms with van der Waals surface area (Å²) in [5, 5.41) is 8.64. The second kappa shape index (κ2) is 6.95. The second-order valence-corrected chi connectivity index (χ2v) is 6.46. The predicted octanol–water partition coefficient (Wildman–Crippen LogP) is 0.978. The molecule has 0 aromatic carbocycles. The first kappa shape index (κ1) is 15.7. The molecule has 3 aliphatic rings. The van der Waals surface area contributed by atoms with Crippen LogP contribution in [0.2, 0.25) is 0 Å². The van der Waals surface area contributed by atoms with E-state index in [0.717, 1.165) is 58.4 Å². The molecule has 3 rings (SSSR count). The normalized spacial score (nSPS) is 26.2. The van der Waals surface area contributed by atoms with Gasteiger partial charge in [0.25, 0.3) is 0 Å². The van der Waals surface area contributed by atoms with Crippen LogP contribution < -0.4 is 0 Å². The summed E-state index contributed by atoms with van der Waals surface area (Å²) in [5.41, 5.74) is 0. The molecule has 3 aliphatic heterocycles. The van der Waals surface area contributed by atoms with Crippen molar-refractivity contribution in [3.8, 4) is 6.07 Å². The molecule has 0 aliphatic carbocycles. The van der Waals surface area contributed by atoms with E-state index >= 15 is 0 Å². The van der Waals surface area contributed by atoms with E-state index in [1.165, 1.54) is 0 Å². The zero-order valence-corrected chi connectivity index (χ0v) is 13.1. The van der Waals surface area contributed by atoms with Gasteiger partial charge in [-0.05, 0) is 25.9 Å². The molecule has 3 fully saturated rings. The fourth-order valence-corrected chi connectivity index (χ4v) is 3.72. The molecule has 1 spiro atoms. The number of nitriles is 1. The number of ether oxygens (including phenoxy) is 2. The maximum atomic E-state index is 12.7. The number of carbonyl (C=O) groups excluding carboxylic acids is 1. The lowest BCUT2D eigenvalue weighted by Crippen LogP contribution is -2.50. The number of amides is 1. The van der Waals surface area contributed by atoms with Crippen LogP contribution in [-0.2, 0) is 14.3 Å². The molecule has 0 unspecified atom stereocenters. The Kier molecular flexibility index (Phi) is 4.97. The van der Waals surface area contributed by atoms with Crippen molar-refractivity contribution in [3.63, 3.8) is 0 Å². The van der Waals surface area contributed by atoms with E-state index in [2.05, 4.69) is 11.0 Å². The van der Waals surface area contributed by atoms with Crippen molar-refractivity contribution in [1.82, 2.24) is 9.80 Å². The molecule has 3 heterocycles.